The Morgan fingerprint density at radius 1 is 1.37 bits per heavy atom. The molecule has 2 N–H and O–H groups in total. The van der Waals surface area contributed by atoms with Gasteiger partial charge in [0, 0.05) is 33.2 Å². The van der Waals surface area contributed by atoms with Crippen LogP contribution in [0.1, 0.15) is 26.7 Å². The number of hydrogen-bond donors (Lipinski definition) is 2. The van der Waals surface area contributed by atoms with Gasteiger partial charge in [0.25, 0.3) is 0 Å². The molecule has 0 spiro atoms. The maximum Gasteiger partial charge on any atom is 0.326 e. The SMILES string of the molecule is COCCC(NC(=O)N1CC(C)CC(C)C1)C(=O)O. The molecule has 0 saturated carbocycles. The molecule has 0 aromatic rings. The summed E-state index contributed by atoms with van der Waals surface area (Å²) < 4.78 is 4.86. The molecule has 1 aliphatic rings. The number of piperidine rings is 1. The van der Waals surface area contributed by atoms with E-state index in [4.69, 9.17) is 9.84 Å². The third-order valence-corrected chi connectivity index (χ3v) is 3.36. The Hall–Kier alpha value is -1.30. The number of carboxylic acids is 1. The van der Waals surface area contributed by atoms with Gasteiger partial charge in [0.1, 0.15) is 6.04 Å². The molecule has 3 unspecified atom stereocenters. The average Bonchev–Trinajstić information content (AvgIpc) is 2.32. The lowest BCUT2D eigenvalue weighted by molar-refractivity contribution is -0.139. The molecule has 110 valence electrons. The second-order valence-electron chi connectivity index (χ2n) is 5.47. The Kier molecular flexibility index (Phi) is 6.08. The third kappa shape index (κ3) is 5.06. The first kappa shape index (κ1) is 15.8. The standard InChI is InChI=1S/C13H24N2O4/c1-9-6-10(2)8-15(7-9)13(18)14-11(12(16)17)4-5-19-3/h9-11H,4-8H2,1-3H3,(H,14,18)(H,16,17). The number of carboxylic acid groups (broad SMARTS) is 1. The summed E-state index contributed by atoms with van der Waals surface area (Å²) >= 11 is 0. The molecule has 6 heteroatoms. The van der Waals surface area contributed by atoms with E-state index in [1.165, 1.54) is 7.11 Å². The van der Waals surface area contributed by atoms with Crippen LogP contribution in [-0.2, 0) is 9.53 Å². The molecule has 1 aliphatic heterocycles. The van der Waals surface area contributed by atoms with Crippen molar-refractivity contribution in [3.05, 3.63) is 0 Å². The van der Waals surface area contributed by atoms with E-state index in [0.29, 0.717) is 31.5 Å². The molecule has 1 heterocycles. The van der Waals surface area contributed by atoms with Crippen LogP contribution < -0.4 is 5.32 Å². The molecular weight excluding hydrogens is 248 g/mol. The van der Waals surface area contributed by atoms with E-state index >= 15 is 0 Å². The highest BCUT2D eigenvalue weighted by molar-refractivity contribution is 5.82. The van der Waals surface area contributed by atoms with Crippen molar-refractivity contribution in [3.63, 3.8) is 0 Å². The van der Waals surface area contributed by atoms with Gasteiger partial charge in [-0.1, -0.05) is 13.8 Å². The summed E-state index contributed by atoms with van der Waals surface area (Å²) in [6.45, 7) is 5.90. The topological polar surface area (TPSA) is 78.9 Å². The second kappa shape index (κ2) is 7.33. The number of aliphatic carboxylic acids is 1. The normalized spacial score (nSPS) is 24.9. The van der Waals surface area contributed by atoms with Crippen LogP contribution >= 0.6 is 0 Å². The highest BCUT2D eigenvalue weighted by atomic mass is 16.5. The van der Waals surface area contributed by atoms with Crippen LogP contribution in [0.25, 0.3) is 0 Å². The largest absolute Gasteiger partial charge is 0.480 e. The summed E-state index contributed by atoms with van der Waals surface area (Å²) in [5, 5.41) is 11.6. The number of nitrogens with zero attached hydrogens (tertiary/aromatic N) is 1. The molecule has 0 aliphatic carbocycles. The maximum absolute atomic E-state index is 12.1. The van der Waals surface area contributed by atoms with Crippen LogP contribution in [0.4, 0.5) is 4.79 Å². The van der Waals surface area contributed by atoms with Crippen molar-refractivity contribution < 1.29 is 19.4 Å². The Bertz CT molecular complexity index is 312. The molecule has 1 fully saturated rings. The quantitative estimate of drug-likeness (QED) is 0.787. The lowest BCUT2D eigenvalue weighted by Gasteiger charge is -2.35. The number of ether oxygens (including phenoxy) is 1. The van der Waals surface area contributed by atoms with E-state index < -0.39 is 12.0 Å². The van der Waals surface area contributed by atoms with Gasteiger partial charge in [-0.15, -0.1) is 0 Å². The first-order valence-corrected chi connectivity index (χ1v) is 6.71. The Balaban J connectivity index is 2.53. The molecule has 0 radical (unpaired) electrons. The van der Waals surface area contributed by atoms with Crippen molar-refractivity contribution in [2.24, 2.45) is 11.8 Å². The number of rotatable bonds is 5. The number of methoxy groups -OCH3 is 1. The number of nitrogens with one attached hydrogen (secondary N) is 1. The summed E-state index contributed by atoms with van der Waals surface area (Å²) in [6.07, 6.45) is 1.38. The van der Waals surface area contributed by atoms with Crippen LogP contribution in [-0.4, -0.2) is 54.9 Å². The fourth-order valence-corrected chi connectivity index (χ4v) is 2.56. The highest BCUT2D eigenvalue weighted by Crippen LogP contribution is 2.20. The van der Waals surface area contributed by atoms with Crippen molar-refractivity contribution >= 4 is 12.0 Å². The van der Waals surface area contributed by atoms with Gasteiger partial charge in [-0.2, -0.15) is 0 Å². The number of carbonyl (C=O) groups excluding carboxylic acids is 1. The smallest absolute Gasteiger partial charge is 0.326 e. The zero-order chi connectivity index (χ0) is 14.4. The van der Waals surface area contributed by atoms with Gasteiger partial charge in [-0.05, 0) is 18.3 Å². The van der Waals surface area contributed by atoms with E-state index in [2.05, 4.69) is 19.2 Å². The summed E-state index contributed by atoms with van der Waals surface area (Å²) in [5.74, 6) is -0.114. The van der Waals surface area contributed by atoms with E-state index in [1.807, 2.05) is 0 Å². The molecule has 3 atom stereocenters. The molecule has 6 nitrogen and oxygen atoms in total. The van der Waals surface area contributed by atoms with E-state index in [0.717, 1.165) is 6.42 Å². The predicted octanol–water partition coefficient (Wildman–Crippen LogP) is 1.16. The lowest BCUT2D eigenvalue weighted by Crippen LogP contribution is -2.52. The lowest BCUT2D eigenvalue weighted by atomic mass is 9.92. The fourth-order valence-electron chi connectivity index (χ4n) is 2.56. The molecule has 0 aromatic carbocycles. The fraction of sp³-hybridized carbons (Fsp3) is 0.846. The highest BCUT2D eigenvalue weighted by Gasteiger charge is 2.28. The number of amides is 2. The van der Waals surface area contributed by atoms with Crippen molar-refractivity contribution in [3.8, 4) is 0 Å². The minimum Gasteiger partial charge on any atom is -0.480 e. The molecule has 2 amide bonds. The van der Waals surface area contributed by atoms with Crippen molar-refractivity contribution in [1.29, 1.82) is 0 Å². The van der Waals surface area contributed by atoms with Crippen LogP contribution in [0.2, 0.25) is 0 Å². The monoisotopic (exact) mass is 272 g/mol. The van der Waals surface area contributed by atoms with Crippen molar-refractivity contribution in [2.75, 3.05) is 26.8 Å². The molecule has 1 rings (SSSR count). The molecule has 0 aromatic heterocycles. The summed E-state index contributed by atoms with van der Waals surface area (Å²) in [5.41, 5.74) is 0. The zero-order valence-electron chi connectivity index (χ0n) is 11.9. The van der Waals surface area contributed by atoms with Crippen LogP contribution in [0.5, 0.6) is 0 Å². The van der Waals surface area contributed by atoms with Crippen LogP contribution in [0, 0.1) is 11.8 Å². The van der Waals surface area contributed by atoms with Gasteiger partial charge < -0.3 is 20.1 Å². The van der Waals surface area contributed by atoms with Crippen molar-refractivity contribution in [2.45, 2.75) is 32.7 Å². The Labute approximate surface area is 114 Å². The van der Waals surface area contributed by atoms with Gasteiger partial charge in [0.2, 0.25) is 0 Å². The van der Waals surface area contributed by atoms with Gasteiger partial charge in [0.15, 0.2) is 0 Å². The first-order chi connectivity index (χ1) is 8.93. The summed E-state index contributed by atoms with van der Waals surface area (Å²) in [6, 6.07) is -1.18. The van der Waals surface area contributed by atoms with Crippen LogP contribution in [0.15, 0.2) is 0 Å². The van der Waals surface area contributed by atoms with Gasteiger partial charge in [-0.3, -0.25) is 0 Å². The maximum atomic E-state index is 12.1. The number of urea groups is 1. The Morgan fingerprint density at radius 3 is 2.42 bits per heavy atom. The van der Waals surface area contributed by atoms with Gasteiger partial charge in [-0.25, -0.2) is 9.59 Å². The zero-order valence-corrected chi connectivity index (χ0v) is 11.9. The summed E-state index contributed by atoms with van der Waals surface area (Å²) in [7, 11) is 1.51. The third-order valence-electron chi connectivity index (χ3n) is 3.36. The summed E-state index contributed by atoms with van der Waals surface area (Å²) in [4.78, 5) is 24.9. The minimum absolute atomic E-state index is 0.274. The van der Waals surface area contributed by atoms with Gasteiger partial charge >= 0.3 is 12.0 Å². The predicted molar refractivity (Wildman–Crippen MR) is 71.0 cm³/mol. The molecular formula is C13H24N2O4. The number of carbonyl (C=O) groups is 2. The number of hydrogen-bond acceptors (Lipinski definition) is 3. The first-order valence-electron chi connectivity index (χ1n) is 6.71. The van der Waals surface area contributed by atoms with Gasteiger partial charge in [0.05, 0.1) is 0 Å². The number of likely N-dealkylation sites (tertiary alicyclic amines) is 1. The molecule has 19 heavy (non-hydrogen) atoms. The second-order valence-corrected chi connectivity index (χ2v) is 5.47. The van der Waals surface area contributed by atoms with E-state index in [9.17, 15) is 9.59 Å². The van der Waals surface area contributed by atoms with E-state index in [1.54, 1.807) is 4.90 Å². The molecule has 0 bridgehead atoms. The Morgan fingerprint density at radius 2 is 1.95 bits per heavy atom. The minimum atomic E-state index is -1.02. The molecule has 1 saturated heterocycles. The van der Waals surface area contributed by atoms with Crippen LogP contribution in [0.3, 0.4) is 0 Å². The average molecular weight is 272 g/mol. The van der Waals surface area contributed by atoms with E-state index in [-0.39, 0.29) is 12.5 Å². The van der Waals surface area contributed by atoms with Crippen molar-refractivity contribution in [1.82, 2.24) is 10.2 Å².